The Hall–Kier alpha value is -2.56. The summed E-state index contributed by atoms with van der Waals surface area (Å²) < 4.78 is 0. The van der Waals surface area contributed by atoms with Crippen molar-refractivity contribution in [3.05, 3.63) is 92.3 Å². The predicted molar refractivity (Wildman–Crippen MR) is 121 cm³/mol. The minimum absolute atomic E-state index is 0.0819. The van der Waals surface area contributed by atoms with Crippen molar-refractivity contribution in [1.82, 2.24) is 0 Å². The Morgan fingerprint density at radius 1 is 0.966 bits per heavy atom. The number of allylic oxidation sites excluding steroid dienone is 1. The van der Waals surface area contributed by atoms with E-state index in [0.29, 0.717) is 6.42 Å². The molecule has 29 heavy (non-hydrogen) atoms. The maximum absolute atomic E-state index is 13.4. The summed E-state index contributed by atoms with van der Waals surface area (Å²) in [4.78, 5) is 15.8. The molecule has 2 aromatic carbocycles. The molecular formula is C24H21ClN2OS. The molecule has 3 nitrogen and oxygen atoms in total. The van der Waals surface area contributed by atoms with Gasteiger partial charge >= 0.3 is 0 Å². The molecule has 1 aliphatic carbocycles. The maximum atomic E-state index is 13.4. The van der Waals surface area contributed by atoms with Gasteiger partial charge in [0.15, 0.2) is 5.78 Å². The Balaban J connectivity index is 1.62. The quantitative estimate of drug-likeness (QED) is 0.485. The molecule has 2 N–H and O–H groups in total. The van der Waals surface area contributed by atoms with Crippen LogP contribution in [0, 0.1) is 6.92 Å². The van der Waals surface area contributed by atoms with Crippen LogP contribution in [0.3, 0.4) is 0 Å². The fraction of sp³-hybridized carbons (Fsp3) is 0.208. The number of para-hydroxylation sites is 2. The van der Waals surface area contributed by atoms with E-state index in [1.807, 2.05) is 36.4 Å². The Labute approximate surface area is 179 Å². The van der Waals surface area contributed by atoms with E-state index in [-0.39, 0.29) is 17.7 Å². The normalized spacial score (nSPS) is 21.0. The van der Waals surface area contributed by atoms with Crippen molar-refractivity contribution in [1.29, 1.82) is 0 Å². The van der Waals surface area contributed by atoms with Crippen LogP contribution in [0.1, 0.15) is 40.1 Å². The van der Waals surface area contributed by atoms with Gasteiger partial charge in [0.1, 0.15) is 0 Å². The average Bonchev–Trinajstić information content (AvgIpc) is 3.06. The lowest BCUT2D eigenvalue weighted by atomic mass is 9.79. The van der Waals surface area contributed by atoms with Crippen molar-refractivity contribution in [3.63, 3.8) is 0 Å². The number of hydrogen-bond donors (Lipinski definition) is 2. The zero-order valence-corrected chi connectivity index (χ0v) is 17.6. The van der Waals surface area contributed by atoms with Crippen molar-refractivity contribution in [2.75, 3.05) is 10.6 Å². The number of carbonyl (C=O) groups is 1. The molecule has 3 aromatic rings. The standard InChI is InChI=1S/C24H21ClN2OS/c1-14-10-11-22(29-14)24-23-20(26-18-8-4-5-9-19(18)27-24)12-15(13-21(23)28)16-6-2-3-7-17(16)25/h2-11,15,24,26-27H,12-13H2,1H3/t15-,24+/m0/s1. The van der Waals surface area contributed by atoms with Gasteiger partial charge in [0.2, 0.25) is 0 Å². The van der Waals surface area contributed by atoms with Crippen LogP contribution in [0.2, 0.25) is 5.02 Å². The first-order valence-electron chi connectivity index (χ1n) is 9.80. The highest BCUT2D eigenvalue weighted by Crippen LogP contribution is 2.46. The van der Waals surface area contributed by atoms with E-state index in [0.717, 1.165) is 44.5 Å². The third-order valence-electron chi connectivity index (χ3n) is 5.70. The second kappa shape index (κ2) is 7.36. The van der Waals surface area contributed by atoms with Gasteiger partial charge in [0.05, 0.1) is 17.4 Å². The van der Waals surface area contributed by atoms with E-state index >= 15 is 0 Å². The molecule has 0 unspecified atom stereocenters. The molecule has 0 bridgehead atoms. The number of Topliss-reactive ketones (excluding diaryl/α,β-unsaturated/α-hetero) is 1. The molecule has 2 heterocycles. The summed E-state index contributed by atoms with van der Waals surface area (Å²) in [5, 5.41) is 7.93. The summed E-state index contributed by atoms with van der Waals surface area (Å²) in [6, 6.07) is 20.1. The molecule has 1 aliphatic heterocycles. The lowest BCUT2D eigenvalue weighted by molar-refractivity contribution is -0.116. The third kappa shape index (κ3) is 3.37. The largest absolute Gasteiger partial charge is 0.372 e. The first-order chi connectivity index (χ1) is 14.1. The van der Waals surface area contributed by atoms with E-state index in [2.05, 4.69) is 41.8 Å². The van der Waals surface area contributed by atoms with Gasteiger partial charge in [0, 0.05) is 32.5 Å². The zero-order valence-electron chi connectivity index (χ0n) is 16.0. The van der Waals surface area contributed by atoms with E-state index < -0.39 is 0 Å². The zero-order chi connectivity index (χ0) is 20.0. The predicted octanol–water partition coefficient (Wildman–Crippen LogP) is 6.69. The number of thiophene rings is 1. The minimum atomic E-state index is -0.139. The molecule has 0 saturated heterocycles. The van der Waals surface area contributed by atoms with Crippen molar-refractivity contribution >= 4 is 40.1 Å². The molecule has 0 spiro atoms. The van der Waals surface area contributed by atoms with Crippen LogP contribution in [0.15, 0.2) is 71.9 Å². The summed E-state index contributed by atoms with van der Waals surface area (Å²) in [5.74, 6) is 0.262. The molecule has 1 aromatic heterocycles. The second-order valence-electron chi connectivity index (χ2n) is 7.64. The maximum Gasteiger partial charge on any atom is 0.163 e. The van der Waals surface area contributed by atoms with Crippen LogP contribution in [0.25, 0.3) is 0 Å². The second-order valence-corrected chi connectivity index (χ2v) is 9.37. The Morgan fingerprint density at radius 3 is 2.48 bits per heavy atom. The first kappa shape index (κ1) is 18.5. The molecule has 2 atom stereocenters. The molecule has 5 rings (SSSR count). The van der Waals surface area contributed by atoms with E-state index in [1.54, 1.807) is 11.3 Å². The Kier molecular flexibility index (Phi) is 4.69. The van der Waals surface area contributed by atoms with Crippen LogP contribution in [-0.2, 0) is 4.79 Å². The van der Waals surface area contributed by atoms with Gasteiger partial charge in [-0.1, -0.05) is 41.9 Å². The van der Waals surface area contributed by atoms with E-state index in [1.165, 1.54) is 4.88 Å². The molecule has 0 radical (unpaired) electrons. The summed E-state index contributed by atoms with van der Waals surface area (Å²) >= 11 is 8.20. The molecule has 0 fully saturated rings. The van der Waals surface area contributed by atoms with Crippen molar-refractivity contribution in [2.24, 2.45) is 0 Å². The molecule has 2 aliphatic rings. The van der Waals surface area contributed by atoms with Gasteiger partial charge in [-0.2, -0.15) is 0 Å². The van der Waals surface area contributed by atoms with Crippen LogP contribution in [-0.4, -0.2) is 5.78 Å². The van der Waals surface area contributed by atoms with Crippen LogP contribution < -0.4 is 10.6 Å². The Bertz CT molecular complexity index is 1130. The lowest BCUT2D eigenvalue weighted by Crippen LogP contribution is -2.26. The SMILES string of the molecule is Cc1ccc([C@H]2Nc3ccccc3NC3=C2C(=O)C[C@@H](c2ccccc2Cl)C3)s1. The molecule has 5 heteroatoms. The molecular weight excluding hydrogens is 400 g/mol. The average molecular weight is 421 g/mol. The minimum Gasteiger partial charge on any atom is -0.372 e. The summed E-state index contributed by atoms with van der Waals surface area (Å²) in [7, 11) is 0. The number of nitrogens with one attached hydrogen (secondary N) is 2. The van der Waals surface area contributed by atoms with Gasteiger partial charge < -0.3 is 10.6 Å². The number of benzene rings is 2. The van der Waals surface area contributed by atoms with Crippen molar-refractivity contribution in [3.8, 4) is 0 Å². The van der Waals surface area contributed by atoms with Gasteiger partial charge in [0.25, 0.3) is 0 Å². The highest BCUT2D eigenvalue weighted by molar-refractivity contribution is 7.12. The number of fused-ring (bicyclic) bond motifs is 1. The number of aryl methyl sites for hydroxylation is 1. The highest BCUT2D eigenvalue weighted by atomic mass is 35.5. The Morgan fingerprint density at radius 2 is 1.72 bits per heavy atom. The van der Waals surface area contributed by atoms with Crippen LogP contribution >= 0.6 is 22.9 Å². The number of anilines is 2. The van der Waals surface area contributed by atoms with Crippen LogP contribution in [0.4, 0.5) is 11.4 Å². The van der Waals surface area contributed by atoms with Gasteiger partial charge in [-0.25, -0.2) is 0 Å². The monoisotopic (exact) mass is 420 g/mol. The summed E-state index contributed by atoms with van der Waals surface area (Å²) in [5.41, 5.74) is 4.92. The number of ketones is 1. The van der Waals surface area contributed by atoms with Gasteiger partial charge in [-0.15, -0.1) is 11.3 Å². The van der Waals surface area contributed by atoms with Gasteiger partial charge in [-0.05, 0) is 55.2 Å². The van der Waals surface area contributed by atoms with Gasteiger partial charge in [-0.3, -0.25) is 4.79 Å². The van der Waals surface area contributed by atoms with E-state index in [9.17, 15) is 4.79 Å². The number of hydrogen-bond acceptors (Lipinski definition) is 4. The lowest BCUT2D eigenvalue weighted by Gasteiger charge is -2.29. The fourth-order valence-corrected chi connectivity index (χ4v) is 5.57. The smallest absolute Gasteiger partial charge is 0.163 e. The summed E-state index contributed by atoms with van der Waals surface area (Å²) in [6.07, 6.45) is 1.24. The topological polar surface area (TPSA) is 41.1 Å². The van der Waals surface area contributed by atoms with Crippen molar-refractivity contribution < 1.29 is 4.79 Å². The number of halogens is 1. The highest BCUT2D eigenvalue weighted by Gasteiger charge is 2.36. The van der Waals surface area contributed by atoms with Crippen molar-refractivity contribution in [2.45, 2.75) is 31.7 Å². The molecule has 0 amide bonds. The fourth-order valence-electron chi connectivity index (χ4n) is 4.34. The van der Waals surface area contributed by atoms with E-state index in [4.69, 9.17) is 11.6 Å². The first-order valence-corrected chi connectivity index (χ1v) is 11.0. The number of rotatable bonds is 2. The third-order valence-corrected chi connectivity index (χ3v) is 7.11. The van der Waals surface area contributed by atoms with Crippen LogP contribution in [0.5, 0.6) is 0 Å². The summed E-state index contributed by atoms with van der Waals surface area (Å²) in [6.45, 7) is 2.10. The molecule has 146 valence electrons. The molecule has 0 saturated carbocycles. The number of carbonyl (C=O) groups excluding carboxylic acids is 1.